The minimum atomic E-state index is -0.913. The largest absolute Gasteiger partial charge is 0.467 e. The van der Waals surface area contributed by atoms with E-state index in [9.17, 15) is 14.4 Å². The maximum atomic E-state index is 12.0. The Balaban J connectivity index is 2.59. The van der Waals surface area contributed by atoms with Crippen LogP contribution in [-0.4, -0.2) is 36.6 Å². The number of ketones is 1. The lowest BCUT2D eigenvalue weighted by Crippen LogP contribution is -2.44. The van der Waals surface area contributed by atoms with Gasteiger partial charge in [-0.25, -0.2) is 9.59 Å². The molecule has 1 atom stereocenters. The maximum absolute atomic E-state index is 12.0. The summed E-state index contributed by atoms with van der Waals surface area (Å²) in [6.45, 7) is 5.17. The number of ether oxygens (including phenoxy) is 2. The molecule has 6 nitrogen and oxygen atoms in total. The van der Waals surface area contributed by atoms with Gasteiger partial charge >= 0.3 is 12.1 Å². The number of alkyl carbamates (subject to hydrolysis) is 1. The summed E-state index contributed by atoms with van der Waals surface area (Å²) in [6.07, 6.45) is -0.426. The summed E-state index contributed by atoms with van der Waals surface area (Å²) < 4.78 is 9.75. The third-order valence-corrected chi connectivity index (χ3v) is 3.54. The van der Waals surface area contributed by atoms with Crippen LogP contribution in [0.15, 0.2) is 17.5 Å². The van der Waals surface area contributed by atoms with Gasteiger partial charge in [-0.15, -0.1) is 11.3 Å². The Morgan fingerprint density at radius 1 is 1.32 bits per heavy atom. The second kappa shape index (κ2) is 7.93. The molecule has 7 heteroatoms. The minimum absolute atomic E-state index is 0.0742. The molecule has 122 valence electrons. The van der Waals surface area contributed by atoms with Crippen molar-refractivity contribution in [3.8, 4) is 0 Å². The Morgan fingerprint density at radius 3 is 2.50 bits per heavy atom. The third-order valence-electron chi connectivity index (χ3n) is 2.63. The van der Waals surface area contributed by atoms with E-state index in [0.717, 1.165) is 0 Å². The maximum Gasteiger partial charge on any atom is 0.408 e. The van der Waals surface area contributed by atoms with Crippen molar-refractivity contribution in [1.82, 2.24) is 5.32 Å². The molecule has 1 amide bonds. The molecule has 0 radical (unpaired) electrons. The van der Waals surface area contributed by atoms with Crippen molar-refractivity contribution in [1.29, 1.82) is 0 Å². The Labute approximate surface area is 133 Å². The zero-order chi connectivity index (χ0) is 16.8. The highest BCUT2D eigenvalue weighted by Crippen LogP contribution is 2.14. The Kier molecular flexibility index (Phi) is 6.55. The van der Waals surface area contributed by atoms with Crippen LogP contribution >= 0.6 is 11.3 Å². The van der Waals surface area contributed by atoms with E-state index < -0.39 is 23.7 Å². The summed E-state index contributed by atoms with van der Waals surface area (Å²) >= 11 is 1.34. The van der Waals surface area contributed by atoms with Gasteiger partial charge < -0.3 is 14.8 Å². The van der Waals surface area contributed by atoms with Crippen LogP contribution in [0.25, 0.3) is 0 Å². The van der Waals surface area contributed by atoms with Crippen molar-refractivity contribution in [3.63, 3.8) is 0 Å². The van der Waals surface area contributed by atoms with Gasteiger partial charge in [0.15, 0.2) is 5.78 Å². The summed E-state index contributed by atoms with van der Waals surface area (Å²) in [4.78, 5) is 36.0. The van der Waals surface area contributed by atoms with Crippen LogP contribution in [0.5, 0.6) is 0 Å². The predicted octanol–water partition coefficient (Wildman–Crippen LogP) is 2.78. The first kappa shape index (κ1) is 18.2. The number of esters is 1. The molecule has 1 heterocycles. The van der Waals surface area contributed by atoms with Gasteiger partial charge in [-0.05, 0) is 38.6 Å². The molecular weight excluding hydrogens is 306 g/mol. The summed E-state index contributed by atoms with van der Waals surface area (Å²) in [7, 11) is 1.23. The number of nitrogens with one attached hydrogen (secondary N) is 1. The quantitative estimate of drug-likeness (QED) is 0.642. The Morgan fingerprint density at radius 2 is 2.00 bits per heavy atom. The van der Waals surface area contributed by atoms with E-state index >= 15 is 0 Å². The normalized spacial score (nSPS) is 12.4. The van der Waals surface area contributed by atoms with Gasteiger partial charge in [0.2, 0.25) is 0 Å². The van der Waals surface area contributed by atoms with Crippen molar-refractivity contribution >= 4 is 29.2 Å². The monoisotopic (exact) mass is 327 g/mol. The fraction of sp³-hybridized carbons (Fsp3) is 0.533. The zero-order valence-corrected chi connectivity index (χ0v) is 14.0. The summed E-state index contributed by atoms with van der Waals surface area (Å²) in [5, 5.41) is 4.25. The molecule has 1 aromatic heterocycles. The Bertz CT molecular complexity index is 519. The third kappa shape index (κ3) is 6.26. The fourth-order valence-corrected chi connectivity index (χ4v) is 2.37. The molecule has 0 aliphatic heterocycles. The minimum Gasteiger partial charge on any atom is -0.467 e. The van der Waals surface area contributed by atoms with Crippen LogP contribution in [0.3, 0.4) is 0 Å². The standard InChI is InChI=1S/C15H21NO5S/c1-15(2,3)21-14(19)16-10(13(18)20-4)7-8-11(17)12-6-5-9-22-12/h5-6,9-10H,7-8H2,1-4H3,(H,16,19)/t10-/m0/s1. The molecule has 0 bridgehead atoms. The number of carbonyl (C=O) groups is 3. The van der Waals surface area contributed by atoms with E-state index in [1.807, 2.05) is 5.38 Å². The number of amides is 1. The summed E-state index contributed by atoms with van der Waals surface area (Å²) in [5.41, 5.74) is -0.669. The van der Waals surface area contributed by atoms with Gasteiger partial charge in [-0.3, -0.25) is 4.79 Å². The molecule has 0 saturated carbocycles. The summed E-state index contributed by atoms with van der Waals surface area (Å²) in [6, 6.07) is 2.60. The highest BCUT2D eigenvalue weighted by molar-refractivity contribution is 7.12. The second-order valence-corrected chi connectivity index (χ2v) is 6.61. The molecule has 0 fully saturated rings. The number of hydrogen-bond acceptors (Lipinski definition) is 6. The van der Waals surface area contributed by atoms with E-state index in [4.69, 9.17) is 4.74 Å². The van der Waals surface area contributed by atoms with Gasteiger partial charge in [0.1, 0.15) is 11.6 Å². The zero-order valence-electron chi connectivity index (χ0n) is 13.2. The number of rotatable bonds is 6. The van der Waals surface area contributed by atoms with Crippen LogP contribution < -0.4 is 5.32 Å². The SMILES string of the molecule is COC(=O)[C@H](CCC(=O)c1cccs1)NC(=O)OC(C)(C)C. The van der Waals surface area contributed by atoms with E-state index in [1.54, 1.807) is 32.9 Å². The number of Topliss-reactive ketones (excluding diaryl/α,β-unsaturated/α-hetero) is 1. The molecular formula is C15H21NO5S. The van der Waals surface area contributed by atoms with Crippen LogP contribution in [0, 0.1) is 0 Å². The van der Waals surface area contributed by atoms with Gasteiger partial charge in [0, 0.05) is 6.42 Å². The Hall–Kier alpha value is -1.89. The van der Waals surface area contributed by atoms with Crippen LogP contribution in [0.4, 0.5) is 4.79 Å². The number of methoxy groups -OCH3 is 1. The van der Waals surface area contributed by atoms with Crippen molar-refractivity contribution in [2.75, 3.05) is 7.11 Å². The molecule has 0 unspecified atom stereocenters. The van der Waals surface area contributed by atoms with E-state index in [0.29, 0.717) is 4.88 Å². The van der Waals surface area contributed by atoms with Crippen molar-refractivity contribution in [2.24, 2.45) is 0 Å². The molecule has 0 aromatic carbocycles. The van der Waals surface area contributed by atoms with E-state index in [2.05, 4.69) is 10.1 Å². The lowest BCUT2D eigenvalue weighted by molar-refractivity contribution is -0.143. The average molecular weight is 327 g/mol. The highest BCUT2D eigenvalue weighted by Gasteiger charge is 2.25. The first-order chi connectivity index (χ1) is 10.2. The van der Waals surface area contributed by atoms with Crippen molar-refractivity contribution in [2.45, 2.75) is 45.3 Å². The molecule has 1 aromatic rings. The fourth-order valence-electron chi connectivity index (χ4n) is 1.68. The van der Waals surface area contributed by atoms with Gasteiger partial charge in [-0.2, -0.15) is 0 Å². The lowest BCUT2D eigenvalue weighted by Gasteiger charge is -2.22. The van der Waals surface area contributed by atoms with Gasteiger partial charge in [0.25, 0.3) is 0 Å². The first-order valence-corrected chi connectivity index (χ1v) is 7.75. The van der Waals surface area contributed by atoms with Crippen molar-refractivity contribution < 1.29 is 23.9 Å². The summed E-state index contributed by atoms with van der Waals surface area (Å²) in [5.74, 6) is -0.681. The second-order valence-electron chi connectivity index (χ2n) is 5.66. The lowest BCUT2D eigenvalue weighted by atomic mass is 10.1. The first-order valence-electron chi connectivity index (χ1n) is 6.87. The van der Waals surface area contributed by atoms with Crippen molar-refractivity contribution in [3.05, 3.63) is 22.4 Å². The number of hydrogen-bond donors (Lipinski definition) is 1. The van der Waals surface area contributed by atoms with Crippen LogP contribution in [0.1, 0.15) is 43.3 Å². The highest BCUT2D eigenvalue weighted by atomic mass is 32.1. The van der Waals surface area contributed by atoms with E-state index in [-0.39, 0.29) is 18.6 Å². The average Bonchev–Trinajstić information content (AvgIpc) is 2.94. The molecule has 0 aliphatic carbocycles. The molecule has 0 saturated heterocycles. The number of thiophene rings is 1. The number of carbonyl (C=O) groups excluding carboxylic acids is 3. The van der Waals surface area contributed by atoms with E-state index in [1.165, 1.54) is 18.4 Å². The molecule has 1 N–H and O–H groups in total. The smallest absolute Gasteiger partial charge is 0.408 e. The van der Waals surface area contributed by atoms with Crippen LogP contribution in [0.2, 0.25) is 0 Å². The topological polar surface area (TPSA) is 81.7 Å². The van der Waals surface area contributed by atoms with Crippen LogP contribution in [-0.2, 0) is 14.3 Å². The molecule has 22 heavy (non-hydrogen) atoms. The van der Waals surface area contributed by atoms with Gasteiger partial charge in [-0.1, -0.05) is 6.07 Å². The molecule has 1 rings (SSSR count). The molecule has 0 aliphatic rings. The molecule has 0 spiro atoms. The van der Waals surface area contributed by atoms with Gasteiger partial charge in [0.05, 0.1) is 12.0 Å². The predicted molar refractivity (Wildman–Crippen MR) is 83.1 cm³/mol.